The van der Waals surface area contributed by atoms with Crippen LogP contribution in [0.1, 0.15) is 36.1 Å². The van der Waals surface area contributed by atoms with Gasteiger partial charge in [0.05, 0.1) is 25.3 Å². The second-order valence-electron chi connectivity index (χ2n) is 8.06. The van der Waals surface area contributed by atoms with Crippen LogP contribution in [-0.4, -0.2) is 35.4 Å². The molecule has 0 aliphatic carbocycles. The maximum Gasteiger partial charge on any atom is 0.295 e. The number of likely N-dealkylation sites (tertiary alicyclic amines) is 1. The number of methoxy groups -OCH3 is 1. The van der Waals surface area contributed by atoms with Crippen molar-refractivity contribution in [3.63, 3.8) is 0 Å². The highest BCUT2D eigenvalue weighted by Gasteiger charge is 2.46. The molecule has 1 aliphatic rings. The third kappa shape index (κ3) is 4.66. The molecule has 3 aromatic carbocycles. The molecule has 0 radical (unpaired) electrons. The zero-order valence-corrected chi connectivity index (χ0v) is 19.2. The van der Waals surface area contributed by atoms with Gasteiger partial charge in [0, 0.05) is 12.1 Å². The van der Waals surface area contributed by atoms with E-state index in [-0.39, 0.29) is 17.9 Å². The van der Waals surface area contributed by atoms with Crippen molar-refractivity contribution in [1.29, 1.82) is 0 Å². The van der Waals surface area contributed by atoms with Gasteiger partial charge in [-0.15, -0.1) is 0 Å². The van der Waals surface area contributed by atoms with Crippen molar-refractivity contribution in [2.75, 3.05) is 13.7 Å². The Morgan fingerprint density at radius 1 is 0.912 bits per heavy atom. The summed E-state index contributed by atoms with van der Waals surface area (Å²) in [5.74, 6) is -0.165. The molecule has 0 saturated carbocycles. The minimum atomic E-state index is -0.709. The highest BCUT2D eigenvalue weighted by molar-refractivity contribution is 6.46. The first-order valence-electron chi connectivity index (χ1n) is 11.2. The lowest BCUT2D eigenvalue weighted by molar-refractivity contribution is -0.140. The normalized spacial score (nSPS) is 17.1. The third-order valence-electron chi connectivity index (χ3n) is 5.77. The fourth-order valence-corrected chi connectivity index (χ4v) is 4.04. The van der Waals surface area contributed by atoms with Crippen LogP contribution in [0.15, 0.2) is 84.4 Å². The van der Waals surface area contributed by atoms with Crippen molar-refractivity contribution in [1.82, 2.24) is 4.90 Å². The second kappa shape index (κ2) is 10.3. The van der Waals surface area contributed by atoms with Crippen molar-refractivity contribution in [2.45, 2.75) is 25.9 Å². The number of ketones is 1. The Kier molecular flexibility index (Phi) is 6.97. The third-order valence-corrected chi connectivity index (χ3v) is 5.77. The molecular weight excluding hydrogens is 430 g/mol. The predicted molar refractivity (Wildman–Crippen MR) is 130 cm³/mol. The molecule has 1 unspecified atom stereocenters. The quantitative estimate of drug-likeness (QED) is 0.289. The summed E-state index contributed by atoms with van der Waals surface area (Å²) in [4.78, 5) is 27.8. The van der Waals surface area contributed by atoms with Gasteiger partial charge in [-0.2, -0.15) is 0 Å². The number of carbonyl (C=O) groups excluding carboxylic acids is 2. The van der Waals surface area contributed by atoms with E-state index in [0.29, 0.717) is 23.7 Å². The van der Waals surface area contributed by atoms with E-state index in [9.17, 15) is 14.7 Å². The molecule has 1 aliphatic heterocycles. The Morgan fingerprint density at radius 3 is 2.18 bits per heavy atom. The molecule has 174 valence electrons. The van der Waals surface area contributed by atoms with Crippen LogP contribution in [0, 0.1) is 0 Å². The molecule has 1 saturated heterocycles. The maximum atomic E-state index is 13.2. The first-order chi connectivity index (χ1) is 16.5. The second-order valence-corrected chi connectivity index (χ2v) is 8.06. The number of hydrogen-bond donors (Lipinski definition) is 1. The van der Waals surface area contributed by atoms with Crippen molar-refractivity contribution >= 4 is 17.4 Å². The predicted octanol–water partition coefficient (Wildman–Crippen LogP) is 5.11. The van der Waals surface area contributed by atoms with Crippen LogP contribution in [0.4, 0.5) is 0 Å². The minimum Gasteiger partial charge on any atom is -0.507 e. The fraction of sp³-hybridized carbons (Fsp3) is 0.214. The lowest BCUT2D eigenvalue weighted by Crippen LogP contribution is -2.29. The fourth-order valence-electron chi connectivity index (χ4n) is 4.04. The van der Waals surface area contributed by atoms with E-state index in [4.69, 9.17) is 9.47 Å². The Hall–Kier alpha value is -4.06. The monoisotopic (exact) mass is 457 g/mol. The van der Waals surface area contributed by atoms with E-state index in [2.05, 4.69) is 0 Å². The molecule has 1 atom stereocenters. The van der Waals surface area contributed by atoms with Crippen LogP contribution in [0.3, 0.4) is 0 Å². The van der Waals surface area contributed by atoms with Gasteiger partial charge >= 0.3 is 0 Å². The maximum absolute atomic E-state index is 13.2. The summed E-state index contributed by atoms with van der Waals surface area (Å²) in [6, 6.07) is 22.8. The van der Waals surface area contributed by atoms with Gasteiger partial charge in [0.25, 0.3) is 11.7 Å². The summed E-state index contributed by atoms with van der Waals surface area (Å²) in [5, 5.41) is 11.2. The van der Waals surface area contributed by atoms with Gasteiger partial charge in [0.1, 0.15) is 17.3 Å². The molecule has 1 N–H and O–H groups in total. The molecule has 1 fully saturated rings. The molecule has 1 heterocycles. The van der Waals surface area contributed by atoms with E-state index >= 15 is 0 Å². The number of rotatable bonds is 8. The summed E-state index contributed by atoms with van der Waals surface area (Å²) in [6.07, 6.45) is 0.885. The molecule has 6 nitrogen and oxygen atoms in total. The molecule has 0 aromatic heterocycles. The van der Waals surface area contributed by atoms with Crippen LogP contribution in [0.5, 0.6) is 11.5 Å². The number of hydrogen-bond acceptors (Lipinski definition) is 5. The van der Waals surface area contributed by atoms with Gasteiger partial charge in [-0.1, -0.05) is 49.4 Å². The van der Waals surface area contributed by atoms with Gasteiger partial charge in [0.2, 0.25) is 0 Å². The van der Waals surface area contributed by atoms with Crippen LogP contribution in [-0.2, 0) is 16.1 Å². The number of amides is 1. The average Bonchev–Trinajstić information content (AvgIpc) is 3.13. The van der Waals surface area contributed by atoms with Gasteiger partial charge in [-0.3, -0.25) is 9.59 Å². The zero-order valence-electron chi connectivity index (χ0n) is 19.2. The highest BCUT2D eigenvalue weighted by Crippen LogP contribution is 2.40. The number of aliphatic hydroxyl groups excluding tert-OH is 1. The molecule has 4 rings (SSSR count). The first-order valence-corrected chi connectivity index (χ1v) is 11.2. The Balaban J connectivity index is 1.74. The Bertz CT molecular complexity index is 1180. The van der Waals surface area contributed by atoms with Gasteiger partial charge in [0.15, 0.2) is 0 Å². The van der Waals surface area contributed by atoms with E-state index in [0.717, 1.165) is 17.5 Å². The summed E-state index contributed by atoms with van der Waals surface area (Å²) in [6.45, 7) is 2.83. The minimum absolute atomic E-state index is 0.0759. The van der Waals surface area contributed by atoms with Crippen LogP contribution in [0.2, 0.25) is 0 Å². The zero-order chi connectivity index (χ0) is 24.1. The van der Waals surface area contributed by atoms with Crippen molar-refractivity contribution < 1.29 is 24.2 Å². The highest BCUT2D eigenvalue weighted by atomic mass is 16.5. The Morgan fingerprint density at radius 2 is 1.56 bits per heavy atom. The standard InChI is InChI=1S/C28H27NO5/c1-3-17-34-23-15-11-21(12-16-23)26(30)24-25(20-7-5-4-6-8-20)29(28(32)27(24)31)18-19-9-13-22(33-2)14-10-19/h4-16,25,30H,3,17-18H2,1-2H3/b26-24-. The molecule has 0 spiro atoms. The Labute approximate surface area is 199 Å². The molecule has 1 amide bonds. The lowest BCUT2D eigenvalue weighted by atomic mass is 9.95. The van der Waals surface area contributed by atoms with Crippen molar-refractivity contribution in [3.05, 3.63) is 101 Å². The van der Waals surface area contributed by atoms with Crippen molar-refractivity contribution in [3.8, 4) is 11.5 Å². The first kappa shape index (κ1) is 23.1. The number of benzene rings is 3. The average molecular weight is 458 g/mol. The number of ether oxygens (including phenoxy) is 2. The van der Waals surface area contributed by atoms with Gasteiger partial charge in [-0.05, 0) is 53.9 Å². The van der Waals surface area contributed by atoms with Crippen LogP contribution >= 0.6 is 0 Å². The molecule has 6 heteroatoms. The number of aliphatic hydroxyl groups is 1. The molecular formula is C28H27NO5. The van der Waals surface area contributed by atoms with Crippen LogP contribution in [0.25, 0.3) is 5.76 Å². The summed E-state index contributed by atoms with van der Waals surface area (Å²) < 4.78 is 10.8. The SMILES string of the molecule is CCCOc1ccc(/C(O)=C2/C(=O)C(=O)N(Cc3ccc(OC)cc3)C2c2ccccc2)cc1. The molecule has 0 bridgehead atoms. The lowest BCUT2D eigenvalue weighted by Gasteiger charge is -2.25. The van der Waals surface area contributed by atoms with E-state index in [1.54, 1.807) is 31.4 Å². The molecule has 3 aromatic rings. The van der Waals surface area contributed by atoms with Gasteiger partial charge < -0.3 is 19.5 Å². The van der Waals surface area contributed by atoms with E-state index < -0.39 is 17.7 Å². The number of Topliss-reactive ketones (excluding diaryl/α,β-unsaturated/α-hetero) is 1. The van der Waals surface area contributed by atoms with E-state index in [1.165, 1.54) is 4.90 Å². The van der Waals surface area contributed by atoms with Crippen LogP contribution < -0.4 is 9.47 Å². The summed E-state index contributed by atoms with van der Waals surface area (Å²) in [5.41, 5.74) is 2.12. The van der Waals surface area contributed by atoms with Gasteiger partial charge in [-0.25, -0.2) is 0 Å². The summed E-state index contributed by atoms with van der Waals surface area (Å²) in [7, 11) is 1.59. The number of carbonyl (C=O) groups is 2. The van der Waals surface area contributed by atoms with E-state index in [1.807, 2.05) is 61.5 Å². The summed E-state index contributed by atoms with van der Waals surface area (Å²) >= 11 is 0. The smallest absolute Gasteiger partial charge is 0.295 e. The van der Waals surface area contributed by atoms with Crippen molar-refractivity contribution in [2.24, 2.45) is 0 Å². The largest absolute Gasteiger partial charge is 0.507 e. The number of nitrogens with zero attached hydrogens (tertiary/aromatic N) is 1. The topological polar surface area (TPSA) is 76.1 Å². The molecule has 34 heavy (non-hydrogen) atoms.